The first-order valence-corrected chi connectivity index (χ1v) is 9.79. The molecule has 0 fully saturated rings. The number of rotatable bonds is 2. The van der Waals surface area contributed by atoms with Crippen molar-refractivity contribution in [3.8, 4) is 0 Å². The van der Waals surface area contributed by atoms with Gasteiger partial charge in [-0.1, -0.05) is 41.1 Å². The van der Waals surface area contributed by atoms with Crippen LogP contribution in [0.2, 0.25) is 5.02 Å². The lowest BCUT2D eigenvalue weighted by Crippen LogP contribution is -2.30. The Hall–Kier alpha value is -3.10. The minimum atomic E-state index is -1.02. The highest BCUT2D eigenvalue weighted by Crippen LogP contribution is 2.42. The van der Waals surface area contributed by atoms with Crippen molar-refractivity contribution in [2.24, 2.45) is 0 Å². The van der Waals surface area contributed by atoms with Gasteiger partial charge in [0, 0.05) is 10.6 Å². The molecule has 0 N–H and O–H groups in total. The molecule has 0 radical (unpaired) electrons. The molecule has 0 saturated heterocycles. The van der Waals surface area contributed by atoms with E-state index in [4.69, 9.17) is 16.0 Å². The highest BCUT2D eigenvalue weighted by Gasteiger charge is 2.46. The van der Waals surface area contributed by atoms with Gasteiger partial charge in [-0.25, -0.2) is 4.39 Å². The van der Waals surface area contributed by atoms with E-state index in [2.05, 4.69) is 10.2 Å². The summed E-state index contributed by atoms with van der Waals surface area (Å²) in [4.78, 5) is 27.9. The average molecular weight is 428 g/mol. The van der Waals surface area contributed by atoms with Crippen LogP contribution in [0, 0.1) is 12.7 Å². The molecule has 144 valence electrons. The standard InChI is InChI=1S/C20H11ClFN3O3S/c1-9-23-24-20(29-9)25-16(11-4-2-3-5-13(11)22)15-17(26)12-8-10(21)6-7-14(12)28-18(15)19(25)27/h2-8,16H,1H3/t16-/m0/s1. The van der Waals surface area contributed by atoms with Crippen LogP contribution in [0.5, 0.6) is 0 Å². The first-order chi connectivity index (χ1) is 14.0. The van der Waals surface area contributed by atoms with Crippen LogP contribution in [-0.4, -0.2) is 16.1 Å². The lowest BCUT2D eigenvalue weighted by molar-refractivity contribution is 0.0970. The molecule has 0 spiro atoms. The largest absolute Gasteiger partial charge is 0.450 e. The normalized spacial score (nSPS) is 15.9. The second kappa shape index (κ2) is 6.47. The average Bonchev–Trinajstić information content (AvgIpc) is 3.24. The zero-order valence-corrected chi connectivity index (χ0v) is 16.4. The monoisotopic (exact) mass is 427 g/mol. The van der Waals surface area contributed by atoms with E-state index in [0.29, 0.717) is 10.0 Å². The Morgan fingerprint density at radius 3 is 2.69 bits per heavy atom. The van der Waals surface area contributed by atoms with E-state index in [1.54, 1.807) is 25.1 Å². The molecule has 0 aliphatic carbocycles. The summed E-state index contributed by atoms with van der Waals surface area (Å²) in [6.45, 7) is 1.74. The van der Waals surface area contributed by atoms with Crippen LogP contribution >= 0.6 is 22.9 Å². The molecule has 2 aromatic heterocycles. The van der Waals surface area contributed by atoms with Gasteiger partial charge in [0.1, 0.15) is 22.4 Å². The van der Waals surface area contributed by atoms with Gasteiger partial charge in [-0.2, -0.15) is 0 Å². The molecule has 1 aliphatic heterocycles. The van der Waals surface area contributed by atoms with E-state index in [1.165, 1.54) is 40.5 Å². The Labute approximate surface area is 172 Å². The number of hydrogen-bond acceptors (Lipinski definition) is 6. The third kappa shape index (κ3) is 2.67. The van der Waals surface area contributed by atoms with Gasteiger partial charge < -0.3 is 4.42 Å². The zero-order valence-electron chi connectivity index (χ0n) is 14.8. The number of amides is 1. The predicted octanol–water partition coefficient (Wildman–Crippen LogP) is 4.50. The smallest absolute Gasteiger partial charge is 0.297 e. The number of aromatic nitrogens is 2. The Morgan fingerprint density at radius 2 is 1.97 bits per heavy atom. The number of halogens is 2. The number of anilines is 1. The quantitative estimate of drug-likeness (QED) is 0.471. The van der Waals surface area contributed by atoms with Gasteiger partial charge in [0.25, 0.3) is 5.91 Å². The summed E-state index contributed by atoms with van der Waals surface area (Å²) < 4.78 is 20.5. The van der Waals surface area contributed by atoms with E-state index in [1.807, 2.05) is 0 Å². The molecule has 5 rings (SSSR count). The van der Waals surface area contributed by atoms with Crippen LogP contribution in [0.25, 0.3) is 11.0 Å². The summed E-state index contributed by atoms with van der Waals surface area (Å²) in [5.74, 6) is -1.25. The fourth-order valence-corrected chi connectivity index (χ4v) is 4.40. The number of carbonyl (C=O) groups is 1. The van der Waals surface area contributed by atoms with Gasteiger partial charge >= 0.3 is 0 Å². The number of hydrogen-bond donors (Lipinski definition) is 0. The second-order valence-electron chi connectivity index (χ2n) is 6.52. The molecule has 1 amide bonds. The maximum Gasteiger partial charge on any atom is 0.297 e. The van der Waals surface area contributed by atoms with Crippen molar-refractivity contribution in [3.63, 3.8) is 0 Å². The first kappa shape index (κ1) is 18.0. The summed E-state index contributed by atoms with van der Waals surface area (Å²) >= 11 is 7.21. The molecule has 2 aromatic carbocycles. The summed E-state index contributed by atoms with van der Waals surface area (Å²) in [5.41, 5.74) is 0.0204. The van der Waals surface area contributed by atoms with Crippen LogP contribution in [0.3, 0.4) is 0 Å². The van der Waals surface area contributed by atoms with E-state index >= 15 is 0 Å². The fraction of sp³-hybridized carbons (Fsp3) is 0.100. The van der Waals surface area contributed by atoms with Gasteiger partial charge in [0.15, 0.2) is 5.43 Å². The van der Waals surface area contributed by atoms with Gasteiger partial charge in [-0.05, 0) is 31.2 Å². The molecular formula is C20H11ClFN3O3S. The molecule has 0 unspecified atom stereocenters. The van der Waals surface area contributed by atoms with Crippen molar-refractivity contribution < 1.29 is 13.6 Å². The molecule has 1 aliphatic rings. The minimum absolute atomic E-state index is 0.0581. The summed E-state index contributed by atoms with van der Waals surface area (Å²) in [5, 5.41) is 9.46. The molecule has 9 heteroatoms. The topological polar surface area (TPSA) is 76.3 Å². The molecule has 1 atom stereocenters. The van der Waals surface area contributed by atoms with Crippen molar-refractivity contribution in [1.82, 2.24) is 10.2 Å². The third-order valence-electron chi connectivity index (χ3n) is 4.75. The number of fused-ring (bicyclic) bond motifs is 2. The van der Waals surface area contributed by atoms with Gasteiger partial charge in [0.2, 0.25) is 10.9 Å². The molecule has 6 nitrogen and oxygen atoms in total. The Kier molecular flexibility index (Phi) is 4.01. The predicted molar refractivity (Wildman–Crippen MR) is 107 cm³/mol. The van der Waals surface area contributed by atoms with Crippen molar-refractivity contribution in [2.75, 3.05) is 4.90 Å². The lowest BCUT2D eigenvalue weighted by atomic mass is 9.98. The first-order valence-electron chi connectivity index (χ1n) is 8.60. The Morgan fingerprint density at radius 1 is 1.17 bits per heavy atom. The summed E-state index contributed by atoms with van der Waals surface area (Å²) in [6, 6.07) is 9.55. The number of nitrogens with zero attached hydrogens (tertiary/aromatic N) is 3. The SMILES string of the molecule is Cc1nnc(N2C(=O)c3oc4ccc(Cl)cc4c(=O)c3[C@@H]2c2ccccc2F)s1. The Bertz CT molecular complexity index is 1370. The number of carbonyl (C=O) groups excluding carboxylic acids is 1. The van der Waals surface area contributed by atoms with Crippen LogP contribution < -0.4 is 10.3 Å². The van der Waals surface area contributed by atoms with E-state index in [0.717, 1.165) is 0 Å². The summed E-state index contributed by atoms with van der Waals surface area (Å²) in [7, 11) is 0. The van der Waals surface area contributed by atoms with Gasteiger partial charge in [0.05, 0.1) is 10.9 Å². The lowest BCUT2D eigenvalue weighted by Gasteiger charge is -2.22. The van der Waals surface area contributed by atoms with Crippen molar-refractivity contribution in [2.45, 2.75) is 13.0 Å². The second-order valence-corrected chi connectivity index (χ2v) is 8.11. The summed E-state index contributed by atoms with van der Waals surface area (Å²) in [6.07, 6.45) is 0. The molecular weight excluding hydrogens is 417 g/mol. The zero-order chi connectivity index (χ0) is 20.3. The van der Waals surface area contributed by atoms with Gasteiger partial charge in [-0.15, -0.1) is 10.2 Å². The van der Waals surface area contributed by atoms with Crippen molar-refractivity contribution in [1.29, 1.82) is 0 Å². The number of aryl methyl sites for hydroxylation is 1. The maximum absolute atomic E-state index is 14.7. The maximum atomic E-state index is 14.7. The van der Waals surface area contributed by atoms with Crippen molar-refractivity contribution in [3.05, 3.63) is 85.4 Å². The van der Waals surface area contributed by atoms with E-state index in [-0.39, 0.29) is 33.0 Å². The van der Waals surface area contributed by atoms with Crippen LogP contribution in [0.1, 0.15) is 32.7 Å². The molecule has 0 bridgehead atoms. The van der Waals surface area contributed by atoms with Crippen molar-refractivity contribution >= 4 is 44.9 Å². The highest BCUT2D eigenvalue weighted by molar-refractivity contribution is 7.15. The third-order valence-corrected chi connectivity index (χ3v) is 5.83. The van der Waals surface area contributed by atoms with Crippen LogP contribution in [0.4, 0.5) is 9.52 Å². The molecule has 3 heterocycles. The molecule has 0 saturated carbocycles. The highest BCUT2D eigenvalue weighted by atomic mass is 35.5. The van der Waals surface area contributed by atoms with E-state index in [9.17, 15) is 14.0 Å². The fourth-order valence-electron chi connectivity index (χ4n) is 3.52. The Balaban J connectivity index is 1.86. The van der Waals surface area contributed by atoms with Crippen LogP contribution in [-0.2, 0) is 0 Å². The van der Waals surface area contributed by atoms with Gasteiger partial charge in [-0.3, -0.25) is 14.5 Å². The van der Waals surface area contributed by atoms with Crippen LogP contribution in [0.15, 0.2) is 51.7 Å². The minimum Gasteiger partial charge on any atom is -0.450 e. The number of benzene rings is 2. The molecule has 29 heavy (non-hydrogen) atoms. The molecule has 4 aromatic rings. The van der Waals surface area contributed by atoms with E-state index < -0.39 is 23.2 Å².